The van der Waals surface area contributed by atoms with Gasteiger partial charge in [-0.05, 0) is 38.8 Å². The van der Waals surface area contributed by atoms with Crippen LogP contribution in [0.3, 0.4) is 0 Å². The van der Waals surface area contributed by atoms with E-state index in [1.165, 1.54) is 18.2 Å². The Morgan fingerprint density at radius 1 is 1.45 bits per heavy atom. The van der Waals surface area contributed by atoms with Gasteiger partial charge in [-0.3, -0.25) is 14.9 Å². The van der Waals surface area contributed by atoms with Crippen molar-refractivity contribution in [1.29, 1.82) is 0 Å². The maximum atomic E-state index is 11.9. The quantitative estimate of drug-likeness (QED) is 0.492. The lowest BCUT2D eigenvalue weighted by atomic mass is 10.1. The Morgan fingerprint density at radius 2 is 2.15 bits per heavy atom. The highest BCUT2D eigenvalue weighted by molar-refractivity contribution is 5.95. The van der Waals surface area contributed by atoms with Crippen molar-refractivity contribution < 1.29 is 9.72 Å². The fraction of sp³-hybridized carbons (Fsp3) is 0.429. The van der Waals surface area contributed by atoms with Crippen molar-refractivity contribution in [3.05, 3.63) is 39.4 Å². The molecule has 0 radical (unpaired) electrons. The number of hydrogen-bond acceptors (Lipinski definition) is 4. The zero-order valence-electron chi connectivity index (χ0n) is 12.0. The first-order valence-electron chi connectivity index (χ1n) is 6.54. The van der Waals surface area contributed by atoms with Gasteiger partial charge in [0.05, 0.1) is 4.92 Å². The number of nitro benzene ring substituents is 1. The van der Waals surface area contributed by atoms with Gasteiger partial charge in [-0.25, -0.2) is 5.43 Å². The molecule has 0 saturated heterocycles. The number of rotatable bonds is 6. The normalized spacial score (nSPS) is 11.2. The molecule has 1 aromatic carbocycles. The van der Waals surface area contributed by atoms with Crippen molar-refractivity contribution in [3.8, 4) is 0 Å². The van der Waals surface area contributed by atoms with E-state index in [9.17, 15) is 14.9 Å². The van der Waals surface area contributed by atoms with Crippen molar-refractivity contribution in [3.63, 3.8) is 0 Å². The number of nitrogens with one attached hydrogen (secondary N) is 1. The molecule has 0 bridgehead atoms. The van der Waals surface area contributed by atoms with Gasteiger partial charge in [0.25, 0.3) is 11.6 Å². The van der Waals surface area contributed by atoms with E-state index < -0.39 is 4.92 Å². The molecule has 0 aliphatic carbocycles. The zero-order valence-corrected chi connectivity index (χ0v) is 12.0. The maximum absolute atomic E-state index is 11.9. The SMILES string of the molecule is CCCCC(C)=NNC(=O)c1ccc([N+](=O)[O-])c(C)c1. The number of benzene rings is 1. The van der Waals surface area contributed by atoms with Crippen LogP contribution in [0.2, 0.25) is 0 Å². The fourth-order valence-electron chi connectivity index (χ4n) is 1.70. The Labute approximate surface area is 118 Å². The number of carbonyl (C=O) groups excluding carboxylic acids is 1. The molecule has 20 heavy (non-hydrogen) atoms. The van der Waals surface area contributed by atoms with Gasteiger partial charge in [0, 0.05) is 22.9 Å². The lowest BCUT2D eigenvalue weighted by molar-refractivity contribution is -0.385. The average molecular weight is 277 g/mol. The molecule has 6 heteroatoms. The van der Waals surface area contributed by atoms with E-state index in [2.05, 4.69) is 17.5 Å². The molecule has 0 unspecified atom stereocenters. The molecule has 1 rings (SSSR count). The highest BCUT2D eigenvalue weighted by atomic mass is 16.6. The van der Waals surface area contributed by atoms with E-state index >= 15 is 0 Å². The summed E-state index contributed by atoms with van der Waals surface area (Å²) in [6.07, 6.45) is 2.94. The minimum atomic E-state index is -0.468. The van der Waals surface area contributed by atoms with Crippen molar-refractivity contribution in [2.45, 2.75) is 40.0 Å². The fourth-order valence-corrected chi connectivity index (χ4v) is 1.70. The molecule has 1 amide bonds. The van der Waals surface area contributed by atoms with Crippen LogP contribution in [0.15, 0.2) is 23.3 Å². The van der Waals surface area contributed by atoms with Gasteiger partial charge in [0.15, 0.2) is 0 Å². The van der Waals surface area contributed by atoms with Crippen LogP contribution < -0.4 is 5.43 Å². The Balaban J connectivity index is 2.73. The van der Waals surface area contributed by atoms with Crippen LogP contribution in [0.5, 0.6) is 0 Å². The lowest BCUT2D eigenvalue weighted by Crippen LogP contribution is -2.19. The molecule has 108 valence electrons. The molecular formula is C14H19N3O3. The van der Waals surface area contributed by atoms with Crippen molar-refractivity contribution in [2.75, 3.05) is 0 Å². The Kier molecular flexibility index (Phi) is 5.83. The number of amides is 1. The second-order valence-corrected chi connectivity index (χ2v) is 4.65. The standard InChI is InChI=1S/C14H19N3O3/c1-4-5-6-11(3)15-16-14(18)12-7-8-13(17(19)20)10(2)9-12/h7-9H,4-6H2,1-3H3,(H,16,18). The Morgan fingerprint density at radius 3 is 2.70 bits per heavy atom. The third kappa shape index (κ3) is 4.46. The van der Waals surface area contributed by atoms with E-state index in [4.69, 9.17) is 0 Å². The molecule has 6 nitrogen and oxygen atoms in total. The van der Waals surface area contributed by atoms with Crippen molar-refractivity contribution in [1.82, 2.24) is 5.43 Å². The molecule has 0 fully saturated rings. The number of nitro groups is 1. The summed E-state index contributed by atoms with van der Waals surface area (Å²) < 4.78 is 0. The lowest BCUT2D eigenvalue weighted by Gasteiger charge is -2.04. The third-order valence-electron chi connectivity index (χ3n) is 2.90. The molecule has 0 atom stereocenters. The molecule has 0 aromatic heterocycles. The summed E-state index contributed by atoms with van der Waals surface area (Å²) in [7, 11) is 0. The van der Waals surface area contributed by atoms with Crippen LogP contribution in [0.4, 0.5) is 5.69 Å². The van der Waals surface area contributed by atoms with Crippen molar-refractivity contribution in [2.24, 2.45) is 5.10 Å². The molecule has 0 aliphatic heterocycles. The van der Waals surface area contributed by atoms with Gasteiger partial charge in [0.1, 0.15) is 0 Å². The van der Waals surface area contributed by atoms with Crippen LogP contribution in [-0.4, -0.2) is 16.5 Å². The van der Waals surface area contributed by atoms with Crippen LogP contribution in [-0.2, 0) is 0 Å². The van der Waals surface area contributed by atoms with Gasteiger partial charge in [0.2, 0.25) is 0 Å². The van der Waals surface area contributed by atoms with Gasteiger partial charge in [-0.1, -0.05) is 13.3 Å². The summed E-state index contributed by atoms with van der Waals surface area (Å²) in [6.45, 7) is 5.55. The van der Waals surface area contributed by atoms with Gasteiger partial charge in [-0.2, -0.15) is 5.10 Å². The molecule has 0 spiro atoms. The highest BCUT2D eigenvalue weighted by Crippen LogP contribution is 2.18. The molecule has 0 heterocycles. The Bertz CT molecular complexity index is 538. The predicted molar refractivity (Wildman–Crippen MR) is 77.9 cm³/mol. The molecular weight excluding hydrogens is 258 g/mol. The topological polar surface area (TPSA) is 84.6 Å². The monoisotopic (exact) mass is 277 g/mol. The maximum Gasteiger partial charge on any atom is 0.272 e. The number of hydrazone groups is 1. The minimum Gasteiger partial charge on any atom is -0.267 e. The van der Waals surface area contributed by atoms with Crippen LogP contribution in [0, 0.1) is 17.0 Å². The summed E-state index contributed by atoms with van der Waals surface area (Å²) in [5.74, 6) is -0.362. The van der Waals surface area contributed by atoms with E-state index in [-0.39, 0.29) is 11.6 Å². The van der Waals surface area contributed by atoms with Crippen molar-refractivity contribution >= 4 is 17.3 Å². The second kappa shape index (κ2) is 7.37. The first-order valence-corrected chi connectivity index (χ1v) is 6.54. The first kappa shape index (κ1) is 15.8. The summed E-state index contributed by atoms with van der Waals surface area (Å²) in [6, 6.07) is 4.25. The molecule has 0 aliphatic rings. The number of carbonyl (C=O) groups is 1. The minimum absolute atomic E-state index is 0.00387. The van der Waals surface area contributed by atoms with Crippen LogP contribution >= 0.6 is 0 Å². The summed E-state index contributed by atoms with van der Waals surface area (Å²) in [5.41, 5.74) is 4.14. The number of aryl methyl sites for hydroxylation is 1. The third-order valence-corrected chi connectivity index (χ3v) is 2.90. The van der Waals surface area contributed by atoms with Crippen LogP contribution in [0.25, 0.3) is 0 Å². The first-order chi connectivity index (χ1) is 9.45. The van der Waals surface area contributed by atoms with Gasteiger partial charge in [-0.15, -0.1) is 0 Å². The van der Waals surface area contributed by atoms with Gasteiger partial charge >= 0.3 is 0 Å². The van der Waals surface area contributed by atoms with E-state index in [0.717, 1.165) is 25.0 Å². The van der Waals surface area contributed by atoms with Crippen LogP contribution in [0.1, 0.15) is 49.0 Å². The molecule has 0 saturated carbocycles. The second-order valence-electron chi connectivity index (χ2n) is 4.65. The largest absolute Gasteiger partial charge is 0.272 e. The van der Waals surface area contributed by atoms with Gasteiger partial charge < -0.3 is 0 Å². The smallest absolute Gasteiger partial charge is 0.267 e. The van der Waals surface area contributed by atoms with E-state index in [1.54, 1.807) is 6.92 Å². The number of unbranched alkanes of at least 4 members (excludes halogenated alkanes) is 1. The Hall–Kier alpha value is -2.24. The average Bonchev–Trinajstić information content (AvgIpc) is 2.41. The zero-order chi connectivity index (χ0) is 15.1. The highest BCUT2D eigenvalue weighted by Gasteiger charge is 2.13. The van der Waals surface area contributed by atoms with E-state index in [1.807, 2.05) is 6.92 Å². The number of nitrogens with zero attached hydrogens (tertiary/aromatic N) is 2. The summed E-state index contributed by atoms with van der Waals surface area (Å²) in [4.78, 5) is 22.1. The number of hydrogen-bond donors (Lipinski definition) is 1. The summed E-state index contributed by atoms with van der Waals surface area (Å²) in [5, 5.41) is 14.7. The molecule has 1 aromatic rings. The predicted octanol–water partition coefficient (Wildman–Crippen LogP) is 3.20. The molecule has 1 N–H and O–H groups in total. The van der Waals surface area contributed by atoms with E-state index in [0.29, 0.717) is 11.1 Å². The summed E-state index contributed by atoms with van der Waals surface area (Å²) >= 11 is 0.